The Morgan fingerprint density at radius 1 is 1.62 bits per heavy atom. The molecule has 0 bridgehead atoms. The SMILES string of the molecule is CN(C)CCNc1ncc(Br)cc1C(=O)O. The second-order valence-corrected chi connectivity index (χ2v) is 4.50. The van der Waals surface area contributed by atoms with Gasteiger partial charge in [0.25, 0.3) is 0 Å². The van der Waals surface area contributed by atoms with Gasteiger partial charge in [0, 0.05) is 23.8 Å². The molecule has 0 aliphatic rings. The first-order chi connectivity index (χ1) is 7.50. The number of likely N-dealkylation sites (N-methyl/N-ethyl adjacent to an activating group) is 1. The molecule has 1 aromatic rings. The van der Waals surface area contributed by atoms with Crippen LogP contribution < -0.4 is 5.32 Å². The van der Waals surface area contributed by atoms with Crippen molar-refractivity contribution in [3.05, 3.63) is 22.3 Å². The lowest BCUT2D eigenvalue weighted by atomic mass is 10.2. The minimum atomic E-state index is -0.985. The number of rotatable bonds is 5. The maximum atomic E-state index is 11.0. The Kier molecular flexibility index (Phi) is 4.70. The van der Waals surface area contributed by atoms with Gasteiger partial charge in [0.05, 0.1) is 0 Å². The fourth-order valence-corrected chi connectivity index (χ4v) is 1.47. The number of carbonyl (C=O) groups is 1. The van der Waals surface area contributed by atoms with E-state index in [4.69, 9.17) is 5.11 Å². The fraction of sp³-hybridized carbons (Fsp3) is 0.400. The predicted octanol–water partition coefficient (Wildman–Crippen LogP) is 1.52. The van der Waals surface area contributed by atoms with Crippen LogP contribution in [0.15, 0.2) is 16.7 Å². The van der Waals surface area contributed by atoms with Crippen LogP contribution in [0.5, 0.6) is 0 Å². The van der Waals surface area contributed by atoms with E-state index in [1.165, 1.54) is 6.07 Å². The quantitative estimate of drug-likeness (QED) is 0.860. The van der Waals surface area contributed by atoms with Crippen LogP contribution in [0.4, 0.5) is 5.82 Å². The number of carboxylic acid groups (broad SMARTS) is 1. The van der Waals surface area contributed by atoms with Gasteiger partial charge in [0.1, 0.15) is 11.4 Å². The number of hydrogen-bond acceptors (Lipinski definition) is 4. The van der Waals surface area contributed by atoms with Gasteiger partial charge in [-0.3, -0.25) is 0 Å². The van der Waals surface area contributed by atoms with E-state index in [-0.39, 0.29) is 5.56 Å². The molecule has 0 atom stereocenters. The Morgan fingerprint density at radius 2 is 2.31 bits per heavy atom. The minimum Gasteiger partial charge on any atom is -0.478 e. The van der Waals surface area contributed by atoms with E-state index in [0.29, 0.717) is 16.8 Å². The number of aromatic nitrogens is 1. The molecular formula is C10H14BrN3O2. The minimum absolute atomic E-state index is 0.174. The van der Waals surface area contributed by atoms with E-state index in [0.717, 1.165) is 6.54 Å². The highest BCUT2D eigenvalue weighted by atomic mass is 79.9. The van der Waals surface area contributed by atoms with Gasteiger partial charge in [0.15, 0.2) is 0 Å². The molecule has 0 spiro atoms. The van der Waals surface area contributed by atoms with Crippen LogP contribution in [-0.4, -0.2) is 48.1 Å². The molecule has 1 rings (SSSR count). The summed E-state index contributed by atoms with van der Waals surface area (Å²) in [6, 6.07) is 1.54. The summed E-state index contributed by atoms with van der Waals surface area (Å²) in [6.07, 6.45) is 1.57. The summed E-state index contributed by atoms with van der Waals surface area (Å²) in [5.74, 6) is -0.585. The van der Waals surface area contributed by atoms with E-state index in [1.807, 2.05) is 19.0 Å². The third kappa shape index (κ3) is 3.79. The lowest BCUT2D eigenvalue weighted by Gasteiger charge is -2.12. The van der Waals surface area contributed by atoms with Crippen molar-refractivity contribution < 1.29 is 9.90 Å². The zero-order chi connectivity index (χ0) is 12.1. The maximum Gasteiger partial charge on any atom is 0.339 e. The number of hydrogen-bond donors (Lipinski definition) is 2. The Morgan fingerprint density at radius 3 is 2.88 bits per heavy atom. The van der Waals surface area contributed by atoms with Gasteiger partial charge in [0.2, 0.25) is 0 Å². The molecule has 0 saturated heterocycles. The molecule has 0 radical (unpaired) electrons. The number of aromatic carboxylic acids is 1. The molecule has 0 unspecified atom stereocenters. The third-order valence-electron chi connectivity index (χ3n) is 1.94. The second-order valence-electron chi connectivity index (χ2n) is 3.58. The molecule has 16 heavy (non-hydrogen) atoms. The van der Waals surface area contributed by atoms with Gasteiger partial charge < -0.3 is 15.3 Å². The average Bonchev–Trinajstić information content (AvgIpc) is 2.19. The number of pyridine rings is 1. The van der Waals surface area contributed by atoms with Crippen LogP contribution >= 0.6 is 15.9 Å². The standard InChI is InChI=1S/C10H14BrN3O2/c1-14(2)4-3-12-9-8(10(15)16)5-7(11)6-13-9/h5-6H,3-4H2,1-2H3,(H,12,13)(H,15,16). The van der Waals surface area contributed by atoms with Crippen molar-refractivity contribution >= 4 is 27.7 Å². The van der Waals surface area contributed by atoms with E-state index >= 15 is 0 Å². The zero-order valence-electron chi connectivity index (χ0n) is 9.20. The molecule has 88 valence electrons. The van der Waals surface area contributed by atoms with Crippen LogP contribution in [0.1, 0.15) is 10.4 Å². The van der Waals surface area contributed by atoms with E-state index in [1.54, 1.807) is 6.20 Å². The summed E-state index contributed by atoms with van der Waals surface area (Å²) in [5, 5.41) is 12.0. The molecule has 6 heteroatoms. The van der Waals surface area contributed by atoms with Crippen molar-refractivity contribution in [2.75, 3.05) is 32.5 Å². The van der Waals surface area contributed by atoms with Crippen molar-refractivity contribution in [1.82, 2.24) is 9.88 Å². The molecule has 1 aromatic heterocycles. The predicted molar refractivity (Wildman–Crippen MR) is 65.9 cm³/mol. The van der Waals surface area contributed by atoms with Crippen molar-refractivity contribution in [3.63, 3.8) is 0 Å². The number of nitrogens with one attached hydrogen (secondary N) is 1. The first-order valence-electron chi connectivity index (χ1n) is 4.78. The van der Waals surface area contributed by atoms with Gasteiger partial charge in [-0.15, -0.1) is 0 Å². The summed E-state index contributed by atoms with van der Waals surface area (Å²) >= 11 is 3.19. The highest BCUT2D eigenvalue weighted by Gasteiger charge is 2.11. The zero-order valence-corrected chi connectivity index (χ0v) is 10.8. The Hall–Kier alpha value is -1.14. The van der Waals surface area contributed by atoms with Crippen LogP contribution in [0.3, 0.4) is 0 Å². The molecule has 1 heterocycles. The normalized spacial score (nSPS) is 10.5. The number of carboxylic acids is 1. The maximum absolute atomic E-state index is 11.0. The number of anilines is 1. The van der Waals surface area contributed by atoms with Gasteiger partial charge in [-0.2, -0.15) is 0 Å². The van der Waals surface area contributed by atoms with Crippen molar-refractivity contribution in [1.29, 1.82) is 0 Å². The molecule has 0 fully saturated rings. The Bertz CT molecular complexity index is 382. The second kappa shape index (κ2) is 5.81. The van der Waals surface area contributed by atoms with Crippen molar-refractivity contribution in [2.45, 2.75) is 0 Å². The van der Waals surface area contributed by atoms with E-state index in [9.17, 15) is 4.79 Å². The summed E-state index contributed by atoms with van der Waals surface area (Å²) < 4.78 is 0.656. The fourth-order valence-electron chi connectivity index (χ4n) is 1.14. The van der Waals surface area contributed by atoms with Crippen LogP contribution in [0, 0.1) is 0 Å². The first kappa shape index (κ1) is 12.9. The van der Waals surface area contributed by atoms with E-state index in [2.05, 4.69) is 26.2 Å². The molecule has 5 nitrogen and oxygen atoms in total. The van der Waals surface area contributed by atoms with Gasteiger partial charge in [-0.25, -0.2) is 9.78 Å². The molecule has 0 aliphatic heterocycles. The monoisotopic (exact) mass is 287 g/mol. The van der Waals surface area contributed by atoms with Gasteiger partial charge in [-0.05, 0) is 36.1 Å². The Labute approximate surface area is 103 Å². The molecule has 0 aromatic carbocycles. The smallest absolute Gasteiger partial charge is 0.339 e. The molecule has 0 aliphatic carbocycles. The first-order valence-corrected chi connectivity index (χ1v) is 5.57. The molecular weight excluding hydrogens is 274 g/mol. The highest BCUT2D eigenvalue weighted by molar-refractivity contribution is 9.10. The van der Waals surface area contributed by atoms with E-state index < -0.39 is 5.97 Å². The Balaban J connectivity index is 2.75. The molecule has 0 amide bonds. The molecule has 0 saturated carbocycles. The topological polar surface area (TPSA) is 65.5 Å². The third-order valence-corrected chi connectivity index (χ3v) is 2.37. The van der Waals surface area contributed by atoms with Gasteiger partial charge in [-0.1, -0.05) is 0 Å². The van der Waals surface area contributed by atoms with Crippen LogP contribution in [0.2, 0.25) is 0 Å². The van der Waals surface area contributed by atoms with Gasteiger partial charge >= 0.3 is 5.97 Å². The lowest BCUT2D eigenvalue weighted by Crippen LogP contribution is -2.22. The lowest BCUT2D eigenvalue weighted by molar-refractivity contribution is 0.0697. The summed E-state index contributed by atoms with van der Waals surface area (Å²) in [7, 11) is 3.91. The van der Waals surface area contributed by atoms with Crippen molar-refractivity contribution in [2.24, 2.45) is 0 Å². The molecule has 2 N–H and O–H groups in total. The number of nitrogens with zero attached hydrogens (tertiary/aromatic N) is 2. The summed E-state index contributed by atoms with van der Waals surface area (Å²) in [4.78, 5) is 17.0. The summed E-state index contributed by atoms with van der Waals surface area (Å²) in [5.41, 5.74) is 0.174. The largest absolute Gasteiger partial charge is 0.478 e. The van der Waals surface area contributed by atoms with Crippen LogP contribution in [-0.2, 0) is 0 Å². The average molecular weight is 288 g/mol. The highest BCUT2D eigenvalue weighted by Crippen LogP contribution is 2.17. The summed E-state index contributed by atoms with van der Waals surface area (Å²) in [6.45, 7) is 1.47. The number of halogens is 1. The van der Waals surface area contributed by atoms with Crippen LogP contribution in [0.25, 0.3) is 0 Å². The van der Waals surface area contributed by atoms with Crippen molar-refractivity contribution in [3.8, 4) is 0 Å².